The van der Waals surface area contributed by atoms with Crippen molar-refractivity contribution in [3.8, 4) is 16.9 Å². The van der Waals surface area contributed by atoms with Crippen molar-refractivity contribution in [2.75, 3.05) is 13.1 Å². The standard InChI is InChI=1S/C39H41F5N4O6/c1-23-33(27-13-9-16-32(34(27)41)53-26-17-19-46(20-18-26)24(2)49)35(50)48(22-31(25-11-7-6-8-12-25)45-36(51)54-38(3,4)5)37(52)47(23)21-28-29(39(42,43)44)14-10-15-30(28)40/h6-16,26,31H,17-22H2,1-5H3,(H,45,51)/t31-/m0/s1. The quantitative estimate of drug-likeness (QED) is 0.185. The van der Waals surface area contributed by atoms with Gasteiger partial charge in [-0.3, -0.25) is 18.7 Å². The van der Waals surface area contributed by atoms with E-state index in [4.69, 9.17) is 9.47 Å². The smallest absolute Gasteiger partial charge is 0.416 e. The maximum atomic E-state index is 16.5. The van der Waals surface area contributed by atoms with Crippen LogP contribution in [0.1, 0.15) is 69.0 Å². The lowest BCUT2D eigenvalue weighted by atomic mass is 10.0. The second-order valence-corrected chi connectivity index (χ2v) is 14.1. The first kappa shape index (κ1) is 39.7. The van der Waals surface area contributed by atoms with E-state index in [-0.39, 0.29) is 22.9 Å². The highest BCUT2D eigenvalue weighted by Crippen LogP contribution is 2.35. The van der Waals surface area contributed by atoms with E-state index in [0.717, 1.165) is 16.7 Å². The number of likely N-dealkylation sites (tertiary alicyclic amines) is 1. The van der Waals surface area contributed by atoms with Crippen molar-refractivity contribution in [1.29, 1.82) is 0 Å². The van der Waals surface area contributed by atoms with Crippen LogP contribution in [0.5, 0.6) is 5.75 Å². The van der Waals surface area contributed by atoms with E-state index in [9.17, 15) is 32.3 Å². The van der Waals surface area contributed by atoms with Gasteiger partial charge in [0.25, 0.3) is 5.56 Å². The summed E-state index contributed by atoms with van der Waals surface area (Å²) in [6, 6.07) is 13.6. The number of hydrogen-bond acceptors (Lipinski definition) is 6. The van der Waals surface area contributed by atoms with Crippen LogP contribution in [0, 0.1) is 18.6 Å². The van der Waals surface area contributed by atoms with Crippen LogP contribution in [0.25, 0.3) is 11.1 Å². The van der Waals surface area contributed by atoms with E-state index in [1.54, 1.807) is 56.0 Å². The number of rotatable bonds is 9. The fraction of sp³-hybridized carbons (Fsp3) is 0.385. The van der Waals surface area contributed by atoms with E-state index >= 15 is 8.78 Å². The molecule has 0 aliphatic carbocycles. The largest absolute Gasteiger partial charge is 0.487 e. The number of benzene rings is 3. The summed E-state index contributed by atoms with van der Waals surface area (Å²) in [6.07, 6.45) is -5.53. The molecule has 3 aromatic carbocycles. The number of hydrogen-bond donors (Lipinski definition) is 1. The average Bonchev–Trinajstić information content (AvgIpc) is 3.09. The minimum Gasteiger partial charge on any atom is -0.487 e. The predicted octanol–water partition coefficient (Wildman–Crippen LogP) is 6.99. The first-order valence-corrected chi connectivity index (χ1v) is 17.3. The molecule has 0 saturated carbocycles. The zero-order chi connectivity index (χ0) is 39.5. The van der Waals surface area contributed by atoms with Gasteiger partial charge in [-0.1, -0.05) is 48.5 Å². The number of carbonyl (C=O) groups excluding carboxylic acids is 2. The molecule has 2 heterocycles. The summed E-state index contributed by atoms with van der Waals surface area (Å²) in [5.41, 5.74) is -5.78. The SMILES string of the molecule is CC(=O)N1CCC(Oc2cccc(-c3c(C)n(Cc4c(F)cccc4C(F)(F)F)c(=O)n(C[C@H](NC(=O)OC(C)(C)C)c4ccccc4)c3=O)c2F)CC1. The monoisotopic (exact) mass is 756 g/mol. The third-order valence-corrected chi connectivity index (χ3v) is 9.10. The summed E-state index contributed by atoms with van der Waals surface area (Å²) >= 11 is 0. The van der Waals surface area contributed by atoms with Crippen molar-refractivity contribution in [2.45, 2.75) is 84.5 Å². The number of piperidine rings is 1. The molecule has 1 fully saturated rings. The first-order chi connectivity index (χ1) is 25.4. The Balaban J connectivity index is 1.68. The van der Waals surface area contributed by atoms with E-state index in [1.165, 1.54) is 32.0 Å². The van der Waals surface area contributed by atoms with Gasteiger partial charge in [0, 0.05) is 49.7 Å². The lowest BCUT2D eigenvalue weighted by molar-refractivity contribution is -0.138. The molecule has 2 amide bonds. The molecule has 0 bridgehead atoms. The summed E-state index contributed by atoms with van der Waals surface area (Å²) in [6.45, 7) is 6.87. The van der Waals surface area contributed by atoms with Crippen molar-refractivity contribution >= 4 is 12.0 Å². The summed E-state index contributed by atoms with van der Waals surface area (Å²) in [7, 11) is 0. The molecule has 0 spiro atoms. The van der Waals surface area contributed by atoms with Gasteiger partial charge in [0.1, 0.15) is 17.5 Å². The molecule has 0 radical (unpaired) electrons. The number of alkyl carbamates (subject to hydrolysis) is 1. The van der Waals surface area contributed by atoms with Gasteiger partial charge in [-0.05, 0) is 51.5 Å². The zero-order valence-electron chi connectivity index (χ0n) is 30.4. The molecule has 1 N–H and O–H groups in total. The Morgan fingerprint density at radius 1 is 0.907 bits per heavy atom. The third kappa shape index (κ3) is 9.00. The van der Waals surface area contributed by atoms with E-state index in [1.807, 2.05) is 0 Å². The molecule has 5 rings (SSSR count). The van der Waals surface area contributed by atoms with Crippen molar-refractivity contribution in [3.05, 3.63) is 122 Å². The number of halogens is 5. The van der Waals surface area contributed by atoms with Gasteiger partial charge in [0.15, 0.2) is 11.6 Å². The van der Waals surface area contributed by atoms with Crippen LogP contribution < -0.4 is 21.3 Å². The highest BCUT2D eigenvalue weighted by molar-refractivity contribution is 5.73. The highest BCUT2D eigenvalue weighted by atomic mass is 19.4. The number of nitrogens with zero attached hydrogens (tertiary/aromatic N) is 3. The molecule has 10 nitrogen and oxygen atoms in total. The molecule has 0 unspecified atom stereocenters. The Bertz CT molecular complexity index is 2130. The molecule has 1 aliphatic heterocycles. The van der Waals surface area contributed by atoms with E-state index < -0.39 is 82.7 Å². The maximum Gasteiger partial charge on any atom is 0.416 e. The van der Waals surface area contributed by atoms with Crippen molar-refractivity contribution in [2.24, 2.45) is 0 Å². The normalized spacial score (nSPS) is 14.4. The molecule has 1 atom stereocenters. The van der Waals surface area contributed by atoms with Crippen molar-refractivity contribution in [3.63, 3.8) is 0 Å². The highest BCUT2D eigenvalue weighted by Gasteiger charge is 2.35. The van der Waals surface area contributed by atoms with Crippen LogP contribution in [0.3, 0.4) is 0 Å². The number of aromatic nitrogens is 2. The second kappa shape index (κ2) is 15.9. The lowest BCUT2D eigenvalue weighted by Crippen LogP contribution is -2.46. The fourth-order valence-electron chi connectivity index (χ4n) is 6.42. The Hall–Kier alpha value is -5.47. The number of alkyl halides is 3. The van der Waals surface area contributed by atoms with Gasteiger partial charge in [-0.25, -0.2) is 18.4 Å². The van der Waals surface area contributed by atoms with Crippen LogP contribution in [0.15, 0.2) is 76.3 Å². The van der Waals surface area contributed by atoms with Gasteiger partial charge < -0.3 is 19.7 Å². The van der Waals surface area contributed by atoms with Gasteiger partial charge in [0.05, 0.1) is 30.3 Å². The number of nitrogens with one attached hydrogen (secondary N) is 1. The molecular weight excluding hydrogens is 715 g/mol. The Morgan fingerprint density at radius 3 is 2.17 bits per heavy atom. The molecule has 54 heavy (non-hydrogen) atoms. The van der Waals surface area contributed by atoms with Crippen LogP contribution >= 0.6 is 0 Å². The van der Waals surface area contributed by atoms with Gasteiger partial charge in [-0.15, -0.1) is 0 Å². The predicted molar refractivity (Wildman–Crippen MR) is 190 cm³/mol. The Labute approximate surface area is 308 Å². The van der Waals surface area contributed by atoms with Crippen LogP contribution in [-0.2, 0) is 28.8 Å². The summed E-state index contributed by atoms with van der Waals surface area (Å²) in [4.78, 5) is 55.1. The lowest BCUT2D eigenvalue weighted by Gasteiger charge is -2.31. The molecular formula is C39H41F5N4O6. The molecule has 1 aromatic heterocycles. The Morgan fingerprint density at radius 2 is 1.56 bits per heavy atom. The number of amides is 2. The molecule has 1 aliphatic rings. The van der Waals surface area contributed by atoms with Crippen LogP contribution in [0.4, 0.5) is 26.7 Å². The minimum atomic E-state index is -5.00. The number of carbonyl (C=O) groups is 2. The average molecular weight is 757 g/mol. The van der Waals surface area contributed by atoms with Gasteiger partial charge in [0.2, 0.25) is 5.91 Å². The minimum absolute atomic E-state index is 0.1000. The summed E-state index contributed by atoms with van der Waals surface area (Å²) in [5.74, 6) is -2.55. The van der Waals surface area contributed by atoms with E-state index in [0.29, 0.717) is 42.1 Å². The van der Waals surface area contributed by atoms with Crippen LogP contribution in [0.2, 0.25) is 0 Å². The third-order valence-electron chi connectivity index (χ3n) is 9.10. The number of ether oxygens (including phenoxy) is 2. The molecule has 288 valence electrons. The molecule has 4 aromatic rings. The first-order valence-electron chi connectivity index (χ1n) is 17.3. The Kier molecular flexibility index (Phi) is 11.7. The van der Waals surface area contributed by atoms with Crippen LogP contribution in [-0.4, -0.2) is 50.8 Å². The van der Waals surface area contributed by atoms with Crippen molar-refractivity contribution < 1.29 is 41.0 Å². The fourth-order valence-corrected chi connectivity index (χ4v) is 6.42. The maximum absolute atomic E-state index is 16.5. The van der Waals surface area contributed by atoms with Gasteiger partial charge in [-0.2, -0.15) is 13.2 Å². The summed E-state index contributed by atoms with van der Waals surface area (Å²) in [5, 5.41) is 2.65. The van der Waals surface area contributed by atoms with E-state index in [2.05, 4.69) is 5.32 Å². The second-order valence-electron chi connectivity index (χ2n) is 14.1. The molecule has 1 saturated heterocycles. The topological polar surface area (TPSA) is 112 Å². The van der Waals surface area contributed by atoms with Gasteiger partial charge >= 0.3 is 18.0 Å². The summed E-state index contributed by atoms with van der Waals surface area (Å²) < 4.78 is 86.9. The zero-order valence-corrected chi connectivity index (χ0v) is 30.4. The molecule has 15 heteroatoms. The van der Waals surface area contributed by atoms with Crippen molar-refractivity contribution in [1.82, 2.24) is 19.4 Å².